The summed E-state index contributed by atoms with van der Waals surface area (Å²) in [6.45, 7) is 8.71. The van der Waals surface area contributed by atoms with Crippen molar-refractivity contribution < 1.29 is 23.9 Å². The third-order valence-corrected chi connectivity index (χ3v) is 9.17. The molecular formula is C35H47N5O5. The summed E-state index contributed by atoms with van der Waals surface area (Å²) in [5.74, 6) is 1.43. The van der Waals surface area contributed by atoms with Crippen LogP contribution >= 0.6 is 0 Å². The van der Waals surface area contributed by atoms with Crippen LogP contribution in [0.15, 0.2) is 36.5 Å². The minimum Gasteiger partial charge on any atom is -0.480 e. The number of amides is 2. The molecular weight excluding hydrogens is 570 g/mol. The molecule has 242 valence electrons. The molecule has 2 fully saturated rings. The van der Waals surface area contributed by atoms with Gasteiger partial charge in [-0.3, -0.25) is 9.59 Å². The Morgan fingerprint density at radius 3 is 2.60 bits per heavy atom. The molecule has 1 saturated carbocycles. The summed E-state index contributed by atoms with van der Waals surface area (Å²) in [4.78, 5) is 52.6. The van der Waals surface area contributed by atoms with Crippen molar-refractivity contribution in [2.75, 3.05) is 20.2 Å². The molecule has 2 amide bonds. The number of nitrogens with one attached hydrogen (secondary N) is 2. The summed E-state index contributed by atoms with van der Waals surface area (Å²) < 4.78 is 11.2. The average molecular weight is 618 g/mol. The number of hydrogen-bond acceptors (Lipinski definition) is 7. The van der Waals surface area contributed by atoms with Gasteiger partial charge >= 0.3 is 6.09 Å². The van der Waals surface area contributed by atoms with Gasteiger partial charge in [0.25, 0.3) is 0 Å². The molecule has 3 aromatic rings. The summed E-state index contributed by atoms with van der Waals surface area (Å²) in [7, 11) is 1.60. The van der Waals surface area contributed by atoms with Gasteiger partial charge in [0.15, 0.2) is 0 Å². The number of fused-ring (bicyclic) bond motifs is 1. The van der Waals surface area contributed by atoms with E-state index in [0.717, 1.165) is 60.7 Å². The number of likely N-dealkylation sites (tertiary alicyclic amines) is 1. The Bertz CT molecular complexity index is 1520. The smallest absolute Gasteiger partial charge is 0.410 e. The molecule has 10 heteroatoms. The molecule has 1 aromatic carbocycles. The lowest BCUT2D eigenvalue weighted by atomic mass is 9.90. The average Bonchev–Trinajstić information content (AvgIpc) is 3.48. The van der Waals surface area contributed by atoms with Crippen LogP contribution in [0.5, 0.6) is 5.88 Å². The van der Waals surface area contributed by atoms with Crippen molar-refractivity contribution in [2.45, 2.75) is 97.1 Å². The number of piperidine rings is 1. The Morgan fingerprint density at radius 2 is 1.89 bits per heavy atom. The highest BCUT2D eigenvalue weighted by Crippen LogP contribution is 2.59. The number of nitrogens with zero attached hydrogens (tertiary/aromatic N) is 3. The second-order valence-corrected chi connectivity index (χ2v) is 13.6. The van der Waals surface area contributed by atoms with Gasteiger partial charge in [-0.1, -0.05) is 38.0 Å². The number of benzene rings is 1. The van der Waals surface area contributed by atoms with Crippen molar-refractivity contribution in [3.05, 3.63) is 42.4 Å². The molecule has 2 atom stereocenters. The first-order valence-corrected chi connectivity index (χ1v) is 16.3. The van der Waals surface area contributed by atoms with Crippen molar-refractivity contribution >= 4 is 28.7 Å². The number of ether oxygens (including phenoxy) is 2. The number of imidazole rings is 1. The van der Waals surface area contributed by atoms with E-state index in [0.29, 0.717) is 44.1 Å². The first-order valence-electron chi connectivity index (χ1n) is 16.3. The number of ketones is 1. The van der Waals surface area contributed by atoms with Crippen LogP contribution in [0.3, 0.4) is 0 Å². The minimum atomic E-state index is -0.531. The third kappa shape index (κ3) is 7.83. The molecule has 2 aliphatic rings. The van der Waals surface area contributed by atoms with E-state index in [4.69, 9.17) is 14.5 Å². The summed E-state index contributed by atoms with van der Waals surface area (Å²) in [5, 5.41) is 4.31. The van der Waals surface area contributed by atoms with Crippen LogP contribution < -0.4 is 10.1 Å². The summed E-state index contributed by atoms with van der Waals surface area (Å²) in [5.41, 5.74) is 1.82. The Hall–Kier alpha value is -3.95. The van der Waals surface area contributed by atoms with E-state index in [1.54, 1.807) is 18.2 Å². The topological polar surface area (TPSA) is 127 Å². The number of pyridine rings is 1. The van der Waals surface area contributed by atoms with E-state index in [1.807, 2.05) is 58.0 Å². The molecule has 1 aliphatic heterocycles. The lowest BCUT2D eigenvalue weighted by Gasteiger charge is -2.34. The fraction of sp³-hybridized carbons (Fsp3) is 0.571. The number of Topliss-reactive ketones (excluding diaryl/α,β-unsaturated/α-hetero) is 1. The molecule has 1 spiro atoms. The SMILES string of the molecule is CCC(=O)CCCCC[C@H](NC(=O)C1CC12CCN(C(=O)OC(C)(C)C)CC2)c1ncc(-c2cc3ccccc3nc2OC)[nH]1. The molecule has 1 saturated heterocycles. The number of hydrogen-bond donors (Lipinski definition) is 2. The molecule has 0 radical (unpaired) electrons. The molecule has 0 bridgehead atoms. The summed E-state index contributed by atoms with van der Waals surface area (Å²) in [6, 6.07) is 9.62. The zero-order chi connectivity index (χ0) is 32.2. The fourth-order valence-corrected chi connectivity index (χ4v) is 6.40. The number of carbonyl (C=O) groups is 3. The van der Waals surface area contributed by atoms with E-state index >= 15 is 0 Å². The highest BCUT2D eigenvalue weighted by molar-refractivity contribution is 5.85. The number of rotatable bonds is 12. The predicted molar refractivity (Wildman–Crippen MR) is 173 cm³/mol. The van der Waals surface area contributed by atoms with E-state index in [1.165, 1.54) is 0 Å². The van der Waals surface area contributed by atoms with Gasteiger partial charge in [0.05, 0.1) is 36.1 Å². The minimum absolute atomic E-state index is 0.0368. The van der Waals surface area contributed by atoms with Crippen molar-refractivity contribution in [1.29, 1.82) is 0 Å². The van der Waals surface area contributed by atoms with E-state index < -0.39 is 5.60 Å². The Morgan fingerprint density at radius 1 is 1.13 bits per heavy atom. The van der Waals surface area contributed by atoms with Crippen LogP contribution in [0.2, 0.25) is 0 Å². The Balaban J connectivity index is 1.27. The lowest BCUT2D eigenvalue weighted by molar-refractivity contribution is -0.124. The molecule has 10 nitrogen and oxygen atoms in total. The monoisotopic (exact) mass is 617 g/mol. The molecule has 3 heterocycles. The van der Waals surface area contributed by atoms with Gasteiger partial charge in [-0.15, -0.1) is 0 Å². The molecule has 1 unspecified atom stereocenters. The lowest BCUT2D eigenvalue weighted by Crippen LogP contribution is -2.43. The van der Waals surface area contributed by atoms with Gasteiger partial charge < -0.3 is 24.7 Å². The maximum Gasteiger partial charge on any atom is 0.410 e. The van der Waals surface area contributed by atoms with Gasteiger partial charge in [0.2, 0.25) is 11.8 Å². The second kappa shape index (κ2) is 13.6. The highest BCUT2D eigenvalue weighted by atomic mass is 16.6. The zero-order valence-electron chi connectivity index (χ0n) is 27.3. The maximum atomic E-state index is 13.7. The van der Waals surface area contributed by atoms with Crippen molar-refractivity contribution in [2.24, 2.45) is 11.3 Å². The van der Waals surface area contributed by atoms with E-state index in [2.05, 4.69) is 15.3 Å². The van der Waals surface area contributed by atoms with Gasteiger partial charge in [-0.05, 0) is 70.4 Å². The van der Waals surface area contributed by atoms with Crippen molar-refractivity contribution in [1.82, 2.24) is 25.2 Å². The Kier molecular flexibility index (Phi) is 9.79. The normalized spacial score (nSPS) is 18.1. The van der Waals surface area contributed by atoms with Crippen molar-refractivity contribution in [3.63, 3.8) is 0 Å². The number of methoxy groups -OCH3 is 1. The fourth-order valence-electron chi connectivity index (χ4n) is 6.40. The van der Waals surface area contributed by atoms with Crippen molar-refractivity contribution in [3.8, 4) is 17.1 Å². The highest BCUT2D eigenvalue weighted by Gasteiger charge is 2.59. The number of carbonyl (C=O) groups excluding carboxylic acids is 3. The first kappa shape index (κ1) is 32.4. The predicted octanol–water partition coefficient (Wildman–Crippen LogP) is 6.76. The molecule has 1 aliphatic carbocycles. The van der Waals surface area contributed by atoms with Gasteiger partial charge in [-0.25, -0.2) is 14.8 Å². The molecule has 5 rings (SSSR count). The van der Waals surface area contributed by atoms with E-state index in [-0.39, 0.29) is 35.2 Å². The number of aromatic amines is 1. The van der Waals surface area contributed by atoms with Crippen LogP contribution in [0, 0.1) is 11.3 Å². The number of H-pyrrole nitrogens is 1. The van der Waals surface area contributed by atoms with Crippen LogP contribution in [-0.4, -0.2) is 63.4 Å². The maximum absolute atomic E-state index is 13.7. The van der Waals surface area contributed by atoms with Crippen LogP contribution in [0.25, 0.3) is 22.2 Å². The van der Waals surface area contributed by atoms with Gasteiger partial charge in [-0.2, -0.15) is 0 Å². The third-order valence-electron chi connectivity index (χ3n) is 9.17. The molecule has 2 aromatic heterocycles. The molecule has 2 N–H and O–H groups in total. The van der Waals surface area contributed by atoms with Gasteiger partial charge in [0.1, 0.15) is 17.2 Å². The number of para-hydroxylation sites is 1. The van der Waals surface area contributed by atoms with Crippen LogP contribution in [0.1, 0.15) is 97.3 Å². The van der Waals surface area contributed by atoms with Crippen LogP contribution in [0.4, 0.5) is 4.79 Å². The quantitative estimate of drug-likeness (QED) is 0.215. The second-order valence-electron chi connectivity index (χ2n) is 13.6. The zero-order valence-corrected chi connectivity index (χ0v) is 27.3. The summed E-state index contributed by atoms with van der Waals surface area (Å²) >= 11 is 0. The standard InChI is InChI=1S/C35H47N5O5/c1-6-24(41)13-8-7-9-15-28(30-36-22-29(37-30)25-20-23-12-10-11-14-27(23)39-32(25)44-5)38-31(42)26-21-35(26)16-18-40(19-17-35)33(43)45-34(2,3)4/h10-12,14,20,22,26,28H,6-9,13,15-19,21H2,1-5H3,(H,36,37)(H,38,42)/t26?,28-/m0/s1. The number of unbranched alkanes of at least 4 members (excludes halogenated alkanes) is 2. The largest absolute Gasteiger partial charge is 0.480 e. The van der Waals surface area contributed by atoms with E-state index in [9.17, 15) is 14.4 Å². The number of aromatic nitrogens is 3. The summed E-state index contributed by atoms with van der Waals surface area (Å²) in [6.07, 6.45) is 8.38. The first-order chi connectivity index (χ1) is 21.5. The Labute approximate surface area is 265 Å². The van der Waals surface area contributed by atoms with Gasteiger partial charge in [0, 0.05) is 37.2 Å². The molecule has 45 heavy (non-hydrogen) atoms. The van der Waals surface area contributed by atoms with Crippen LogP contribution in [-0.2, 0) is 14.3 Å².